The molecule has 0 saturated carbocycles. The largest absolute Gasteiger partial charge is 0.396 e. The van der Waals surface area contributed by atoms with E-state index in [1.54, 1.807) is 11.0 Å². The van der Waals surface area contributed by atoms with Crippen LogP contribution >= 0.6 is 11.6 Å². The molecule has 3 aliphatic rings. The second-order valence-corrected chi connectivity index (χ2v) is 11.2. The number of hydrogen-bond acceptors (Lipinski definition) is 5. The van der Waals surface area contributed by atoms with Crippen LogP contribution in [0.4, 0.5) is 5.69 Å². The summed E-state index contributed by atoms with van der Waals surface area (Å²) in [7, 11) is 0. The minimum Gasteiger partial charge on any atom is -0.396 e. The number of amides is 3. The number of ether oxygens (including phenoxy) is 1. The molecule has 38 heavy (non-hydrogen) atoms. The monoisotopic (exact) mass is 539 g/mol. The van der Waals surface area contributed by atoms with Gasteiger partial charge in [0.2, 0.25) is 17.7 Å². The summed E-state index contributed by atoms with van der Waals surface area (Å²) in [6.45, 7) is 4.35. The lowest BCUT2D eigenvalue weighted by Gasteiger charge is -2.33. The Balaban J connectivity index is 1.46. The normalized spacial score (nSPS) is 29.4. The van der Waals surface area contributed by atoms with Crippen LogP contribution in [0.25, 0.3) is 0 Å². The molecule has 8 nitrogen and oxygen atoms in total. The van der Waals surface area contributed by atoms with Crippen LogP contribution in [-0.4, -0.2) is 58.1 Å². The summed E-state index contributed by atoms with van der Waals surface area (Å²) in [5, 5.41) is 15.7. The van der Waals surface area contributed by atoms with Crippen molar-refractivity contribution in [2.75, 3.05) is 18.5 Å². The van der Waals surface area contributed by atoms with Crippen LogP contribution in [-0.2, 0) is 25.7 Å². The zero-order valence-corrected chi connectivity index (χ0v) is 22.5. The molecule has 0 radical (unpaired) electrons. The molecule has 0 aromatic heterocycles. The zero-order valence-electron chi connectivity index (χ0n) is 21.7. The van der Waals surface area contributed by atoms with Gasteiger partial charge < -0.3 is 25.4 Å². The van der Waals surface area contributed by atoms with Crippen molar-refractivity contribution in [2.24, 2.45) is 11.8 Å². The van der Waals surface area contributed by atoms with Crippen molar-refractivity contribution in [3.63, 3.8) is 0 Å². The number of anilines is 1. The average Bonchev–Trinajstić information content (AvgIpc) is 3.46. The van der Waals surface area contributed by atoms with Crippen LogP contribution in [0.1, 0.15) is 43.7 Å². The van der Waals surface area contributed by atoms with Gasteiger partial charge in [-0.05, 0) is 56.7 Å². The van der Waals surface area contributed by atoms with E-state index in [4.69, 9.17) is 16.3 Å². The minimum absolute atomic E-state index is 0.00856. The van der Waals surface area contributed by atoms with Crippen molar-refractivity contribution in [1.29, 1.82) is 0 Å². The first-order valence-corrected chi connectivity index (χ1v) is 13.6. The number of carbonyl (C=O) groups excluding carboxylic acids is 3. The zero-order chi connectivity index (χ0) is 27.1. The van der Waals surface area contributed by atoms with Crippen LogP contribution in [0.2, 0.25) is 5.02 Å². The number of rotatable bonds is 9. The Bertz CT molecular complexity index is 1220. The molecule has 2 bridgehead atoms. The smallest absolute Gasteiger partial charge is 0.250 e. The third-order valence-corrected chi connectivity index (χ3v) is 8.71. The number of fused-ring (bicyclic) bond motifs is 1. The van der Waals surface area contributed by atoms with Gasteiger partial charge >= 0.3 is 0 Å². The maximum absolute atomic E-state index is 14.0. The fraction of sp³-hybridized carbons (Fsp3) is 0.483. The number of aliphatic hydroxyl groups excluding tert-OH is 1. The summed E-state index contributed by atoms with van der Waals surface area (Å²) >= 11 is 6.40. The van der Waals surface area contributed by atoms with E-state index in [2.05, 4.69) is 10.6 Å². The van der Waals surface area contributed by atoms with Gasteiger partial charge in [0.15, 0.2) is 0 Å². The van der Waals surface area contributed by atoms with Crippen LogP contribution in [0.5, 0.6) is 0 Å². The summed E-state index contributed by atoms with van der Waals surface area (Å²) in [4.78, 5) is 43.1. The molecule has 3 saturated heterocycles. The Morgan fingerprint density at radius 3 is 2.58 bits per heavy atom. The second kappa shape index (κ2) is 10.3. The Hall–Kier alpha value is -2.94. The Morgan fingerprint density at radius 2 is 1.87 bits per heavy atom. The first-order valence-electron chi connectivity index (χ1n) is 13.2. The predicted molar refractivity (Wildman–Crippen MR) is 143 cm³/mol. The number of nitrogens with zero attached hydrogens (tertiary/aromatic N) is 1. The van der Waals surface area contributed by atoms with E-state index >= 15 is 0 Å². The van der Waals surface area contributed by atoms with E-state index in [1.165, 1.54) is 0 Å². The third-order valence-electron chi connectivity index (χ3n) is 8.39. The van der Waals surface area contributed by atoms with Gasteiger partial charge in [0.1, 0.15) is 11.6 Å². The minimum atomic E-state index is -1.11. The first kappa shape index (κ1) is 26.7. The van der Waals surface area contributed by atoms with Crippen LogP contribution in [0.3, 0.4) is 0 Å². The number of halogens is 1. The topological polar surface area (TPSA) is 108 Å². The SMILES string of the molecule is Cc1cccc(Cl)c1NC(=O)C1N(CCCCO)C(=O)[C@@H]2[C@@H](C(=O)NCc3ccccc3)[C@@]3(C)CCC12O3. The van der Waals surface area contributed by atoms with E-state index in [1.807, 2.05) is 56.3 Å². The van der Waals surface area contributed by atoms with Crippen molar-refractivity contribution >= 4 is 35.0 Å². The molecule has 2 aromatic carbocycles. The van der Waals surface area contributed by atoms with Crippen LogP contribution in [0.15, 0.2) is 48.5 Å². The maximum Gasteiger partial charge on any atom is 0.250 e. The molecular formula is C29H34ClN3O5. The number of aryl methyl sites for hydroxylation is 1. The third kappa shape index (κ3) is 4.38. The molecule has 0 aliphatic carbocycles. The summed E-state index contributed by atoms with van der Waals surface area (Å²) < 4.78 is 6.63. The van der Waals surface area contributed by atoms with E-state index in [9.17, 15) is 19.5 Å². The van der Waals surface area contributed by atoms with Crippen molar-refractivity contribution in [2.45, 2.75) is 63.3 Å². The van der Waals surface area contributed by atoms with Gasteiger partial charge in [-0.15, -0.1) is 0 Å². The molecule has 5 rings (SSSR count). The highest BCUT2D eigenvalue weighted by Crippen LogP contribution is 2.63. The Kier molecular flexibility index (Phi) is 7.24. The molecule has 3 N–H and O–H groups in total. The molecule has 3 fully saturated rings. The number of para-hydroxylation sites is 1. The van der Waals surface area contributed by atoms with Gasteiger partial charge in [-0.3, -0.25) is 14.4 Å². The quantitative estimate of drug-likeness (QED) is 0.423. The molecule has 9 heteroatoms. The lowest BCUT2D eigenvalue weighted by Crippen LogP contribution is -2.53. The second-order valence-electron chi connectivity index (χ2n) is 10.8. The Labute approximate surface area is 227 Å². The van der Waals surface area contributed by atoms with Crippen molar-refractivity contribution in [1.82, 2.24) is 10.2 Å². The Morgan fingerprint density at radius 1 is 1.11 bits per heavy atom. The van der Waals surface area contributed by atoms with Gasteiger partial charge in [-0.25, -0.2) is 0 Å². The van der Waals surface area contributed by atoms with Gasteiger partial charge in [0.25, 0.3) is 0 Å². The molecule has 3 heterocycles. The average molecular weight is 540 g/mol. The lowest BCUT2D eigenvalue weighted by molar-refractivity contribution is -0.144. The molecule has 3 amide bonds. The molecule has 202 valence electrons. The standard InChI is InChI=1S/C29H34ClN3O5/c1-18-9-8-12-20(30)23(18)32-26(36)24-29-14-13-28(2,38-29)21(22(29)27(37)33(24)15-6-7-16-34)25(35)31-17-19-10-4-3-5-11-19/h3-5,8-12,21-22,24,34H,6-7,13-17H2,1-2H3,(H,31,35)(H,32,36)/t21-,22-,24?,28+,29?/m0/s1. The van der Waals surface area contributed by atoms with Gasteiger partial charge in [0.05, 0.1) is 28.1 Å². The number of benzene rings is 2. The highest BCUT2D eigenvalue weighted by molar-refractivity contribution is 6.34. The van der Waals surface area contributed by atoms with Gasteiger partial charge in [-0.2, -0.15) is 0 Å². The molecule has 5 atom stereocenters. The first-order chi connectivity index (χ1) is 18.2. The number of likely N-dealkylation sites (tertiary alicyclic amines) is 1. The maximum atomic E-state index is 14.0. The molecule has 2 aromatic rings. The molecule has 1 spiro atoms. The van der Waals surface area contributed by atoms with E-state index in [0.29, 0.717) is 42.9 Å². The van der Waals surface area contributed by atoms with Crippen molar-refractivity contribution in [3.05, 3.63) is 64.7 Å². The number of hydrogen-bond donors (Lipinski definition) is 3. The summed E-state index contributed by atoms with van der Waals surface area (Å²) in [6.07, 6.45) is 2.10. The molecule has 3 aliphatic heterocycles. The number of carbonyl (C=O) groups is 3. The van der Waals surface area contributed by atoms with Crippen molar-refractivity contribution < 1.29 is 24.2 Å². The molecule has 2 unspecified atom stereocenters. The van der Waals surface area contributed by atoms with Crippen LogP contribution in [0, 0.1) is 18.8 Å². The number of unbranched alkanes of at least 4 members (excludes halogenated alkanes) is 1. The van der Waals surface area contributed by atoms with Gasteiger partial charge in [-0.1, -0.05) is 54.1 Å². The predicted octanol–water partition coefficient (Wildman–Crippen LogP) is 3.44. The van der Waals surface area contributed by atoms with Crippen molar-refractivity contribution in [3.8, 4) is 0 Å². The summed E-state index contributed by atoms with van der Waals surface area (Å²) in [6, 6.07) is 14.1. The van der Waals surface area contributed by atoms with E-state index in [-0.39, 0.29) is 30.9 Å². The van der Waals surface area contributed by atoms with E-state index < -0.39 is 29.1 Å². The molecular weight excluding hydrogens is 506 g/mol. The van der Waals surface area contributed by atoms with Gasteiger partial charge in [0, 0.05) is 19.7 Å². The number of aliphatic hydroxyl groups is 1. The summed E-state index contributed by atoms with van der Waals surface area (Å²) in [5.74, 6) is -2.35. The fourth-order valence-corrected chi connectivity index (χ4v) is 6.91. The fourth-order valence-electron chi connectivity index (χ4n) is 6.64. The summed E-state index contributed by atoms with van der Waals surface area (Å²) in [5.41, 5.74) is 0.298. The highest BCUT2D eigenvalue weighted by Gasteiger charge is 2.77. The lowest BCUT2D eigenvalue weighted by atomic mass is 9.66. The number of nitrogens with one attached hydrogen (secondary N) is 2. The van der Waals surface area contributed by atoms with Crippen LogP contribution < -0.4 is 10.6 Å². The highest BCUT2D eigenvalue weighted by atomic mass is 35.5. The van der Waals surface area contributed by atoms with E-state index in [0.717, 1.165) is 11.1 Å².